The fourth-order valence-electron chi connectivity index (χ4n) is 8.34. The topological polar surface area (TPSA) is 21.3 Å². The molecule has 3 nitrogen and oxygen atoms in total. The van der Waals surface area contributed by atoms with Gasteiger partial charge in [-0.15, -0.1) is 0 Å². The molecule has 0 amide bonds. The summed E-state index contributed by atoms with van der Waals surface area (Å²) in [6.45, 7) is 2.26. The zero-order chi connectivity index (χ0) is 34.6. The van der Waals surface area contributed by atoms with E-state index in [1.807, 2.05) is 0 Å². The lowest BCUT2D eigenvalue weighted by molar-refractivity contribution is 0.514. The molecule has 0 fully saturated rings. The third-order valence-electron chi connectivity index (χ3n) is 10.8. The number of benzene rings is 6. The standard InChI is InChI=1S/C49H38N2O/c1-33-21-30-41-43-32-45(47-42-19-11-12-20-44(42)51(39-17-9-4-10-18-39)48(47)49(43)52-46(41)31-33)50(38-15-7-3-8-16-38)40-28-26-37(27-29-40)36-24-22-35(23-25-36)34-13-5-2-6-14-34/h2-28,30,32-33,40H,29,31H2,1H3. The summed E-state index contributed by atoms with van der Waals surface area (Å²) in [6, 6.07) is 52.5. The molecule has 2 heterocycles. The molecule has 3 heteroatoms. The summed E-state index contributed by atoms with van der Waals surface area (Å²) in [5, 5.41) is 3.58. The molecule has 2 aliphatic carbocycles. The van der Waals surface area contributed by atoms with E-state index < -0.39 is 0 Å². The molecule has 2 atom stereocenters. The van der Waals surface area contributed by atoms with Crippen LogP contribution in [0, 0.1) is 5.92 Å². The van der Waals surface area contributed by atoms with Gasteiger partial charge in [-0.05, 0) is 71.0 Å². The Bertz CT molecular complexity index is 2680. The van der Waals surface area contributed by atoms with Crippen LogP contribution in [0.3, 0.4) is 0 Å². The van der Waals surface area contributed by atoms with Crippen LogP contribution in [0.1, 0.15) is 30.2 Å². The Hall–Kier alpha value is -6.32. The second-order valence-electron chi connectivity index (χ2n) is 14.1. The number of anilines is 2. The number of para-hydroxylation sites is 3. The van der Waals surface area contributed by atoms with Crippen molar-refractivity contribution in [3.8, 4) is 16.8 Å². The maximum absolute atomic E-state index is 6.94. The lowest BCUT2D eigenvalue weighted by Crippen LogP contribution is -2.30. The third-order valence-corrected chi connectivity index (χ3v) is 10.8. The van der Waals surface area contributed by atoms with E-state index in [4.69, 9.17) is 4.42 Å². The van der Waals surface area contributed by atoms with Gasteiger partial charge in [0.2, 0.25) is 0 Å². The molecule has 0 N–H and O–H groups in total. The Morgan fingerprint density at radius 1 is 0.654 bits per heavy atom. The molecule has 2 unspecified atom stereocenters. The predicted octanol–water partition coefficient (Wildman–Crippen LogP) is 13.0. The molecule has 6 aromatic carbocycles. The van der Waals surface area contributed by atoms with Gasteiger partial charge in [-0.25, -0.2) is 0 Å². The summed E-state index contributed by atoms with van der Waals surface area (Å²) < 4.78 is 9.35. The first-order chi connectivity index (χ1) is 25.7. The molecule has 10 rings (SSSR count). The second kappa shape index (κ2) is 12.5. The number of rotatable bonds is 6. The number of nitrogens with zero attached hydrogens (tertiary/aromatic N) is 2. The van der Waals surface area contributed by atoms with Crippen LogP contribution >= 0.6 is 0 Å². The first-order valence-electron chi connectivity index (χ1n) is 18.3. The van der Waals surface area contributed by atoms with Crippen molar-refractivity contribution in [2.75, 3.05) is 4.90 Å². The number of hydrogen-bond donors (Lipinski definition) is 0. The highest BCUT2D eigenvalue weighted by molar-refractivity contribution is 6.24. The van der Waals surface area contributed by atoms with E-state index in [0.717, 1.165) is 40.8 Å². The summed E-state index contributed by atoms with van der Waals surface area (Å²) in [7, 11) is 0. The van der Waals surface area contributed by atoms with Crippen molar-refractivity contribution in [1.82, 2.24) is 4.57 Å². The largest absolute Gasteiger partial charge is 0.458 e. The van der Waals surface area contributed by atoms with Crippen LogP contribution in [0.25, 0.3) is 61.2 Å². The zero-order valence-corrected chi connectivity index (χ0v) is 29.1. The zero-order valence-electron chi connectivity index (χ0n) is 29.1. The SMILES string of the molecule is CC1C=Cc2c(oc3c2cc(N(c2ccccc2)C2C=CC(c4ccc(-c5ccccc5)cc4)=CC2)c2c4ccccc4n(-c4ccccc4)c32)C1. The quantitative estimate of drug-likeness (QED) is 0.176. The predicted molar refractivity (Wildman–Crippen MR) is 218 cm³/mol. The number of fused-ring (bicyclic) bond motifs is 7. The van der Waals surface area contributed by atoms with Crippen LogP contribution in [0.15, 0.2) is 174 Å². The first-order valence-corrected chi connectivity index (χ1v) is 18.3. The minimum Gasteiger partial charge on any atom is -0.458 e. The van der Waals surface area contributed by atoms with Crippen molar-refractivity contribution < 1.29 is 4.42 Å². The Kier molecular flexibility index (Phi) is 7.31. The molecule has 0 spiro atoms. The molecule has 0 saturated carbocycles. The lowest BCUT2D eigenvalue weighted by Gasteiger charge is -2.34. The lowest BCUT2D eigenvalue weighted by atomic mass is 9.93. The van der Waals surface area contributed by atoms with Gasteiger partial charge in [0.25, 0.3) is 0 Å². The molecular weight excluding hydrogens is 633 g/mol. The van der Waals surface area contributed by atoms with E-state index in [1.165, 1.54) is 55.5 Å². The molecule has 2 aromatic heterocycles. The van der Waals surface area contributed by atoms with Crippen molar-refractivity contribution in [2.45, 2.75) is 25.8 Å². The minimum absolute atomic E-state index is 0.104. The van der Waals surface area contributed by atoms with Gasteiger partial charge >= 0.3 is 0 Å². The fraction of sp³-hybridized carbons (Fsp3) is 0.102. The van der Waals surface area contributed by atoms with Crippen LogP contribution in [0.2, 0.25) is 0 Å². The summed E-state index contributed by atoms with van der Waals surface area (Å²) in [4.78, 5) is 2.56. The van der Waals surface area contributed by atoms with Gasteiger partial charge in [0, 0.05) is 39.5 Å². The minimum atomic E-state index is 0.104. The van der Waals surface area contributed by atoms with Crippen molar-refractivity contribution in [1.29, 1.82) is 0 Å². The highest BCUT2D eigenvalue weighted by Crippen LogP contribution is 2.48. The van der Waals surface area contributed by atoms with Crippen LogP contribution < -0.4 is 4.90 Å². The summed E-state index contributed by atoms with van der Waals surface area (Å²) in [5.41, 5.74) is 12.9. The Morgan fingerprint density at radius 3 is 2.08 bits per heavy atom. The third kappa shape index (κ3) is 5.04. The van der Waals surface area contributed by atoms with Gasteiger partial charge in [0.1, 0.15) is 5.76 Å². The first kappa shape index (κ1) is 30.5. The monoisotopic (exact) mass is 670 g/mol. The second-order valence-corrected chi connectivity index (χ2v) is 14.1. The van der Waals surface area contributed by atoms with Crippen LogP contribution in [0.4, 0.5) is 11.4 Å². The maximum atomic E-state index is 6.94. The van der Waals surface area contributed by atoms with E-state index in [0.29, 0.717) is 5.92 Å². The number of furan rings is 1. The van der Waals surface area contributed by atoms with Crippen LogP contribution in [0.5, 0.6) is 0 Å². The van der Waals surface area contributed by atoms with Crippen molar-refractivity contribution in [3.05, 3.63) is 187 Å². The van der Waals surface area contributed by atoms with Crippen molar-refractivity contribution in [3.63, 3.8) is 0 Å². The molecule has 0 bridgehead atoms. The van der Waals surface area contributed by atoms with Gasteiger partial charge < -0.3 is 13.9 Å². The van der Waals surface area contributed by atoms with Gasteiger partial charge in [0.05, 0.1) is 22.8 Å². The van der Waals surface area contributed by atoms with Gasteiger partial charge in [0.15, 0.2) is 5.58 Å². The van der Waals surface area contributed by atoms with Gasteiger partial charge in [-0.3, -0.25) is 0 Å². The number of allylic oxidation sites excluding steroid dienone is 3. The molecule has 0 radical (unpaired) electrons. The smallest absolute Gasteiger partial charge is 0.159 e. The molecule has 0 aliphatic heterocycles. The van der Waals surface area contributed by atoms with E-state index in [2.05, 4.69) is 192 Å². The van der Waals surface area contributed by atoms with Crippen LogP contribution in [-0.4, -0.2) is 10.6 Å². The highest BCUT2D eigenvalue weighted by atomic mass is 16.3. The van der Waals surface area contributed by atoms with Gasteiger partial charge in [-0.1, -0.05) is 146 Å². The van der Waals surface area contributed by atoms with E-state index in [1.54, 1.807) is 0 Å². The average molecular weight is 671 g/mol. The Balaban J connectivity index is 1.17. The molecule has 2 aliphatic rings. The van der Waals surface area contributed by atoms with E-state index >= 15 is 0 Å². The molecule has 8 aromatic rings. The van der Waals surface area contributed by atoms with Crippen molar-refractivity contribution >= 4 is 55.8 Å². The van der Waals surface area contributed by atoms with Crippen LogP contribution in [-0.2, 0) is 6.42 Å². The fourth-order valence-corrected chi connectivity index (χ4v) is 8.34. The van der Waals surface area contributed by atoms with Crippen molar-refractivity contribution in [2.24, 2.45) is 5.92 Å². The van der Waals surface area contributed by atoms with Gasteiger partial charge in [-0.2, -0.15) is 0 Å². The molecule has 0 saturated heterocycles. The average Bonchev–Trinajstić information content (AvgIpc) is 3.75. The summed E-state index contributed by atoms with van der Waals surface area (Å²) in [5.74, 6) is 1.51. The summed E-state index contributed by atoms with van der Waals surface area (Å²) >= 11 is 0. The number of hydrogen-bond acceptors (Lipinski definition) is 2. The molecular formula is C49H38N2O. The number of aromatic nitrogens is 1. The Morgan fingerprint density at radius 2 is 1.33 bits per heavy atom. The normalized spacial score (nSPS) is 16.8. The Labute approximate surface area is 304 Å². The molecule has 250 valence electrons. The summed E-state index contributed by atoms with van der Waals surface area (Å²) in [6.07, 6.45) is 13.5. The maximum Gasteiger partial charge on any atom is 0.159 e. The highest BCUT2D eigenvalue weighted by Gasteiger charge is 2.30. The van der Waals surface area contributed by atoms with E-state index in [9.17, 15) is 0 Å². The van der Waals surface area contributed by atoms with E-state index in [-0.39, 0.29) is 6.04 Å². The molecule has 52 heavy (non-hydrogen) atoms.